The summed E-state index contributed by atoms with van der Waals surface area (Å²) in [5, 5.41) is 15.3. The molecular formula is C12H13N3O4S. The van der Waals surface area contributed by atoms with Crippen LogP contribution in [-0.4, -0.2) is 29.7 Å². The summed E-state index contributed by atoms with van der Waals surface area (Å²) in [6.07, 6.45) is 1.14. The van der Waals surface area contributed by atoms with Crippen molar-refractivity contribution < 1.29 is 18.3 Å². The van der Waals surface area contributed by atoms with E-state index in [-0.39, 0.29) is 4.90 Å². The molecule has 20 heavy (non-hydrogen) atoms. The maximum atomic E-state index is 12.2. The summed E-state index contributed by atoms with van der Waals surface area (Å²) in [6.45, 7) is 1.54. The highest BCUT2D eigenvalue weighted by atomic mass is 32.2. The van der Waals surface area contributed by atoms with Crippen LogP contribution in [0.5, 0.6) is 0 Å². The Morgan fingerprint density at radius 1 is 1.35 bits per heavy atom. The Labute approximate surface area is 115 Å². The van der Waals surface area contributed by atoms with Crippen molar-refractivity contribution in [3.8, 4) is 0 Å². The van der Waals surface area contributed by atoms with Gasteiger partial charge in [-0.3, -0.25) is 9.89 Å². The van der Waals surface area contributed by atoms with Crippen molar-refractivity contribution in [1.82, 2.24) is 14.9 Å². The second-order valence-corrected chi connectivity index (χ2v) is 5.84. The van der Waals surface area contributed by atoms with Gasteiger partial charge in [-0.15, -0.1) is 0 Å². The van der Waals surface area contributed by atoms with Crippen LogP contribution >= 0.6 is 0 Å². The summed E-state index contributed by atoms with van der Waals surface area (Å²) in [5.41, 5.74) is 0.694. The van der Waals surface area contributed by atoms with Gasteiger partial charge in [0.05, 0.1) is 11.9 Å². The molecule has 0 aliphatic rings. The molecule has 2 aromatic rings. The minimum atomic E-state index is -3.96. The molecule has 0 fully saturated rings. The maximum Gasteiger partial charge on any atom is 0.326 e. The van der Waals surface area contributed by atoms with Crippen LogP contribution in [0.15, 0.2) is 41.4 Å². The molecule has 3 N–H and O–H groups in total. The van der Waals surface area contributed by atoms with Gasteiger partial charge in [0.25, 0.3) is 0 Å². The van der Waals surface area contributed by atoms with E-state index in [1.54, 1.807) is 37.3 Å². The summed E-state index contributed by atoms with van der Waals surface area (Å²) >= 11 is 0. The lowest BCUT2D eigenvalue weighted by atomic mass is 10.1. The van der Waals surface area contributed by atoms with E-state index in [0.29, 0.717) is 11.3 Å². The average molecular weight is 295 g/mol. The summed E-state index contributed by atoms with van der Waals surface area (Å²) in [6, 6.07) is 6.74. The summed E-state index contributed by atoms with van der Waals surface area (Å²) in [5.74, 6) is -1.28. The van der Waals surface area contributed by atoms with Gasteiger partial charge in [0.15, 0.2) is 0 Å². The SMILES string of the molecule is Cc1[nH]ncc1S(=O)(=O)NC(C(=O)O)c1ccccc1. The standard InChI is InChI=1S/C12H13N3O4S/c1-8-10(7-13-14-8)20(18,19)15-11(12(16)17)9-5-3-2-4-6-9/h2-7,11,15H,1H3,(H,13,14)(H,16,17). The molecule has 1 unspecified atom stereocenters. The number of aliphatic carboxylic acids is 1. The molecule has 0 spiro atoms. The number of carbonyl (C=O) groups is 1. The van der Waals surface area contributed by atoms with Gasteiger partial charge in [0.2, 0.25) is 10.0 Å². The Kier molecular flexibility index (Phi) is 3.86. The second-order valence-electron chi connectivity index (χ2n) is 4.16. The van der Waals surface area contributed by atoms with Crippen LogP contribution in [-0.2, 0) is 14.8 Å². The second kappa shape index (κ2) is 5.43. The molecule has 0 amide bonds. The first-order valence-electron chi connectivity index (χ1n) is 5.72. The Morgan fingerprint density at radius 2 is 2.00 bits per heavy atom. The molecular weight excluding hydrogens is 282 g/mol. The van der Waals surface area contributed by atoms with Gasteiger partial charge >= 0.3 is 5.97 Å². The lowest BCUT2D eigenvalue weighted by Crippen LogP contribution is -2.33. The number of hydrogen-bond donors (Lipinski definition) is 3. The molecule has 0 aliphatic carbocycles. The van der Waals surface area contributed by atoms with Crippen LogP contribution < -0.4 is 4.72 Å². The number of benzene rings is 1. The number of carboxylic acid groups (broad SMARTS) is 1. The van der Waals surface area contributed by atoms with E-state index in [1.807, 2.05) is 0 Å². The van der Waals surface area contributed by atoms with Crippen LogP contribution in [0.1, 0.15) is 17.3 Å². The number of carboxylic acids is 1. The first kappa shape index (κ1) is 14.2. The van der Waals surface area contributed by atoms with Crippen molar-refractivity contribution in [2.75, 3.05) is 0 Å². The molecule has 1 aromatic carbocycles. The summed E-state index contributed by atoms with van der Waals surface area (Å²) < 4.78 is 26.5. The highest BCUT2D eigenvalue weighted by Crippen LogP contribution is 2.18. The van der Waals surface area contributed by atoms with Gasteiger partial charge in [-0.1, -0.05) is 30.3 Å². The molecule has 0 radical (unpaired) electrons. The van der Waals surface area contributed by atoms with Gasteiger partial charge in [-0.2, -0.15) is 9.82 Å². The van der Waals surface area contributed by atoms with Crippen molar-refractivity contribution in [3.05, 3.63) is 47.8 Å². The molecule has 8 heteroatoms. The van der Waals surface area contributed by atoms with E-state index < -0.39 is 22.0 Å². The highest BCUT2D eigenvalue weighted by molar-refractivity contribution is 7.89. The number of rotatable bonds is 5. The molecule has 2 rings (SSSR count). The Bertz CT molecular complexity index is 709. The zero-order valence-electron chi connectivity index (χ0n) is 10.6. The number of nitrogens with zero attached hydrogens (tertiary/aromatic N) is 1. The first-order valence-corrected chi connectivity index (χ1v) is 7.20. The van der Waals surface area contributed by atoms with Crippen LogP contribution in [0.4, 0.5) is 0 Å². The Hall–Kier alpha value is -2.19. The van der Waals surface area contributed by atoms with Crippen molar-refractivity contribution >= 4 is 16.0 Å². The van der Waals surface area contributed by atoms with Crippen LogP contribution in [0.25, 0.3) is 0 Å². The van der Waals surface area contributed by atoms with Crippen LogP contribution in [0.2, 0.25) is 0 Å². The van der Waals surface area contributed by atoms with Crippen LogP contribution in [0, 0.1) is 6.92 Å². The number of aromatic amines is 1. The minimum absolute atomic E-state index is 0.0697. The first-order chi connectivity index (χ1) is 9.42. The molecule has 7 nitrogen and oxygen atoms in total. The summed E-state index contributed by atoms with van der Waals surface area (Å²) in [4.78, 5) is 11.2. The molecule has 1 atom stereocenters. The third-order valence-electron chi connectivity index (χ3n) is 2.73. The largest absolute Gasteiger partial charge is 0.480 e. The van der Waals surface area contributed by atoms with Crippen molar-refractivity contribution in [2.24, 2.45) is 0 Å². The van der Waals surface area contributed by atoms with E-state index >= 15 is 0 Å². The lowest BCUT2D eigenvalue weighted by Gasteiger charge is -2.14. The number of H-pyrrole nitrogens is 1. The van der Waals surface area contributed by atoms with Crippen LogP contribution in [0.3, 0.4) is 0 Å². The maximum absolute atomic E-state index is 12.2. The smallest absolute Gasteiger partial charge is 0.326 e. The van der Waals surface area contributed by atoms with Gasteiger partial charge in [-0.25, -0.2) is 8.42 Å². The number of nitrogens with one attached hydrogen (secondary N) is 2. The zero-order valence-corrected chi connectivity index (χ0v) is 11.4. The van der Waals surface area contributed by atoms with Gasteiger partial charge < -0.3 is 5.11 Å². The molecule has 1 aromatic heterocycles. The van der Waals surface area contributed by atoms with Gasteiger partial charge in [-0.05, 0) is 12.5 Å². The number of aromatic nitrogens is 2. The molecule has 0 saturated heterocycles. The van der Waals surface area contributed by atoms with Gasteiger partial charge in [0.1, 0.15) is 10.9 Å². The normalized spacial score (nSPS) is 13.1. The van der Waals surface area contributed by atoms with Crippen molar-refractivity contribution in [2.45, 2.75) is 17.9 Å². The van der Waals surface area contributed by atoms with E-state index in [9.17, 15) is 18.3 Å². The average Bonchev–Trinajstić information content (AvgIpc) is 2.84. The third-order valence-corrected chi connectivity index (χ3v) is 4.26. The van der Waals surface area contributed by atoms with E-state index in [4.69, 9.17) is 0 Å². The predicted octanol–water partition coefficient (Wildman–Crippen LogP) is 0.822. The third kappa shape index (κ3) is 2.86. The fourth-order valence-corrected chi connectivity index (χ4v) is 3.05. The predicted molar refractivity (Wildman–Crippen MR) is 70.5 cm³/mol. The van der Waals surface area contributed by atoms with E-state index in [0.717, 1.165) is 6.20 Å². The highest BCUT2D eigenvalue weighted by Gasteiger charge is 2.28. The quantitative estimate of drug-likeness (QED) is 0.756. The monoisotopic (exact) mass is 295 g/mol. The molecule has 1 heterocycles. The molecule has 0 aliphatic heterocycles. The lowest BCUT2D eigenvalue weighted by molar-refractivity contribution is -0.139. The minimum Gasteiger partial charge on any atom is -0.480 e. The number of hydrogen-bond acceptors (Lipinski definition) is 4. The molecule has 0 saturated carbocycles. The van der Waals surface area contributed by atoms with Gasteiger partial charge in [0, 0.05) is 0 Å². The van der Waals surface area contributed by atoms with E-state index in [1.165, 1.54) is 0 Å². The number of aryl methyl sites for hydroxylation is 1. The Balaban J connectivity index is 2.35. The molecule has 106 valence electrons. The van der Waals surface area contributed by atoms with Crippen molar-refractivity contribution in [3.63, 3.8) is 0 Å². The summed E-state index contributed by atoms with van der Waals surface area (Å²) in [7, 11) is -3.96. The zero-order chi connectivity index (χ0) is 14.8. The fourth-order valence-electron chi connectivity index (χ4n) is 1.74. The number of sulfonamides is 1. The topological polar surface area (TPSA) is 112 Å². The molecule has 0 bridgehead atoms. The van der Waals surface area contributed by atoms with E-state index in [2.05, 4.69) is 14.9 Å². The Morgan fingerprint density at radius 3 is 2.50 bits per heavy atom. The van der Waals surface area contributed by atoms with Crippen molar-refractivity contribution in [1.29, 1.82) is 0 Å². The fraction of sp³-hybridized carbons (Fsp3) is 0.167.